The Hall–Kier alpha value is -0.530. The van der Waals surface area contributed by atoms with Gasteiger partial charge in [-0.2, -0.15) is 0 Å². The highest BCUT2D eigenvalue weighted by molar-refractivity contribution is 14.1. The zero-order chi connectivity index (χ0) is 11.8. The van der Waals surface area contributed by atoms with Crippen molar-refractivity contribution >= 4 is 22.6 Å². The number of hydrogen-bond donors (Lipinski definition) is 1. The summed E-state index contributed by atoms with van der Waals surface area (Å²) >= 11 is 2.36. The molecule has 0 aromatic heterocycles. The van der Waals surface area contributed by atoms with Crippen LogP contribution in [-0.4, -0.2) is 6.54 Å². The largest absolute Gasteiger partial charge is 0.310 e. The maximum absolute atomic E-state index is 3.51. The highest BCUT2D eigenvalue weighted by atomic mass is 127. The molecule has 16 heavy (non-hydrogen) atoms. The lowest BCUT2D eigenvalue weighted by atomic mass is 10.0. The van der Waals surface area contributed by atoms with E-state index in [0.717, 1.165) is 19.4 Å². The third-order valence-electron chi connectivity index (χ3n) is 2.44. The minimum absolute atomic E-state index is 0.431. The molecule has 1 nitrogen and oxygen atoms in total. The van der Waals surface area contributed by atoms with Crippen molar-refractivity contribution in [2.24, 2.45) is 0 Å². The normalized spacial score (nSPS) is 11.7. The molecule has 1 aromatic rings. The standard InChI is InChI=1S/C14H18IN/c1-3-5-6-10-14(16-4-2)12-8-7-9-13(15)11-12/h7-9,11,14,16H,4,6,10H2,1-2H3. The minimum atomic E-state index is 0.431. The Morgan fingerprint density at radius 1 is 1.44 bits per heavy atom. The molecule has 0 radical (unpaired) electrons. The van der Waals surface area contributed by atoms with E-state index in [9.17, 15) is 0 Å². The number of rotatable bonds is 5. The van der Waals surface area contributed by atoms with Crippen LogP contribution in [0.5, 0.6) is 0 Å². The molecular weight excluding hydrogens is 309 g/mol. The predicted octanol–water partition coefficient (Wildman–Crippen LogP) is 3.75. The van der Waals surface area contributed by atoms with Crippen LogP contribution >= 0.6 is 22.6 Å². The Morgan fingerprint density at radius 2 is 2.25 bits per heavy atom. The molecule has 0 heterocycles. The van der Waals surface area contributed by atoms with Crippen molar-refractivity contribution in [3.8, 4) is 11.8 Å². The molecular formula is C14H18IN. The fraction of sp³-hybridized carbons (Fsp3) is 0.429. The topological polar surface area (TPSA) is 12.0 Å². The van der Waals surface area contributed by atoms with Crippen molar-refractivity contribution in [3.63, 3.8) is 0 Å². The van der Waals surface area contributed by atoms with E-state index in [1.807, 2.05) is 6.92 Å². The Balaban J connectivity index is 2.70. The highest BCUT2D eigenvalue weighted by Gasteiger charge is 2.09. The van der Waals surface area contributed by atoms with Gasteiger partial charge >= 0.3 is 0 Å². The van der Waals surface area contributed by atoms with Crippen molar-refractivity contribution in [1.82, 2.24) is 5.32 Å². The lowest BCUT2D eigenvalue weighted by Gasteiger charge is -2.17. The average molecular weight is 327 g/mol. The first kappa shape index (κ1) is 13.5. The summed E-state index contributed by atoms with van der Waals surface area (Å²) in [5.41, 5.74) is 1.37. The molecule has 1 rings (SSSR count). The lowest BCUT2D eigenvalue weighted by molar-refractivity contribution is 0.522. The van der Waals surface area contributed by atoms with E-state index in [1.54, 1.807) is 0 Å². The maximum Gasteiger partial charge on any atom is 0.0329 e. The van der Waals surface area contributed by atoms with Crippen LogP contribution < -0.4 is 5.32 Å². The van der Waals surface area contributed by atoms with Gasteiger partial charge in [-0.1, -0.05) is 19.1 Å². The van der Waals surface area contributed by atoms with Crippen LogP contribution in [-0.2, 0) is 0 Å². The highest BCUT2D eigenvalue weighted by Crippen LogP contribution is 2.20. The van der Waals surface area contributed by atoms with Crippen molar-refractivity contribution < 1.29 is 0 Å². The molecule has 1 aromatic carbocycles. The van der Waals surface area contributed by atoms with E-state index in [0.29, 0.717) is 6.04 Å². The average Bonchev–Trinajstić information content (AvgIpc) is 2.28. The third-order valence-corrected chi connectivity index (χ3v) is 3.11. The first-order valence-electron chi connectivity index (χ1n) is 5.66. The van der Waals surface area contributed by atoms with E-state index >= 15 is 0 Å². The van der Waals surface area contributed by atoms with Crippen molar-refractivity contribution in [2.45, 2.75) is 32.7 Å². The monoisotopic (exact) mass is 327 g/mol. The Bertz CT molecular complexity index is 376. The van der Waals surface area contributed by atoms with Gasteiger partial charge in [0.25, 0.3) is 0 Å². The molecule has 0 amide bonds. The van der Waals surface area contributed by atoms with Crippen LogP contribution in [0.3, 0.4) is 0 Å². The molecule has 2 heteroatoms. The summed E-state index contributed by atoms with van der Waals surface area (Å²) in [6.07, 6.45) is 2.04. The van der Waals surface area contributed by atoms with E-state index in [1.165, 1.54) is 9.13 Å². The second-order valence-electron chi connectivity index (χ2n) is 3.63. The molecule has 0 bridgehead atoms. The molecule has 86 valence electrons. The van der Waals surface area contributed by atoms with Gasteiger partial charge in [0.1, 0.15) is 0 Å². The maximum atomic E-state index is 3.51. The molecule has 0 fully saturated rings. The molecule has 0 aliphatic rings. The molecule has 1 atom stereocenters. The van der Waals surface area contributed by atoms with Crippen LogP contribution in [0.1, 0.15) is 38.3 Å². The molecule has 1 N–H and O–H groups in total. The van der Waals surface area contributed by atoms with Gasteiger partial charge in [0, 0.05) is 16.0 Å². The van der Waals surface area contributed by atoms with Crippen molar-refractivity contribution in [3.05, 3.63) is 33.4 Å². The molecule has 0 spiro atoms. The summed E-state index contributed by atoms with van der Waals surface area (Å²) < 4.78 is 1.29. The second kappa shape index (κ2) is 7.70. The first-order valence-corrected chi connectivity index (χ1v) is 6.74. The van der Waals surface area contributed by atoms with Crippen LogP contribution in [0.2, 0.25) is 0 Å². The molecule has 0 saturated carbocycles. The van der Waals surface area contributed by atoms with Gasteiger partial charge in [-0.05, 0) is 60.2 Å². The van der Waals surface area contributed by atoms with Crippen LogP contribution in [0, 0.1) is 15.4 Å². The third kappa shape index (κ3) is 4.54. The van der Waals surface area contributed by atoms with Gasteiger partial charge in [0.2, 0.25) is 0 Å². The van der Waals surface area contributed by atoms with Gasteiger partial charge in [-0.25, -0.2) is 0 Å². The smallest absolute Gasteiger partial charge is 0.0329 e. The predicted molar refractivity (Wildman–Crippen MR) is 78.3 cm³/mol. The summed E-state index contributed by atoms with van der Waals surface area (Å²) in [5.74, 6) is 6.08. The number of benzene rings is 1. The molecule has 0 aliphatic carbocycles. The second-order valence-corrected chi connectivity index (χ2v) is 4.88. The SMILES string of the molecule is CC#CCCC(NCC)c1cccc(I)c1. The Labute approximate surface area is 112 Å². The quantitative estimate of drug-likeness (QED) is 0.642. The van der Waals surface area contributed by atoms with E-state index in [-0.39, 0.29) is 0 Å². The van der Waals surface area contributed by atoms with Gasteiger partial charge in [-0.15, -0.1) is 11.8 Å². The van der Waals surface area contributed by atoms with Crippen molar-refractivity contribution in [2.75, 3.05) is 6.54 Å². The molecule has 0 aliphatic heterocycles. The zero-order valence-electron chi connectivity index (χ0n) is 9.89. The summed E-state index contributed by atoms with van der Waals surface area (Å²) in [6.45, 7) is 5.04. The van der Waals surface area contributed by atoms with E-state index in [4.69, 9.17) is 0 Å². The Morgan fingerprint density at radius 3 is 2.88 bits per heavy atom. The summed E-state index contributed by atoms with van der Waals surface area (Å²) in [4.78, 5) is 0. The number of hydrogen-bond acceptors (Lipinski definition) is 1. The fourth-order valence-electron chi connectivity index (χ4n) is 1.70. The van der Waals surface area contributed by atoms with E-state index in [2.05, 4.69) is 70.9 Å². The summed E-state index contributed by atoms with van der Waals surface area (Å²) in [7, 11) is 0. The fourth-order valence-corrected chi connectivity index (χ4v) is 2.27. The van der Waals surface area contributed by atoms with Crippen LogP contribution in [0.4, 0.5) is 0 Å². The Kier molecular flexibility index (Phi) is 6.51. The zero-order valence-corrected chi connectivity index (χ0v) is 12.0. The summed E-state index contributed by atoms with van der Waals surface area (Å²) in [5, 5.41) is 3.51. The van der Waals surface area contributed by atoms with Gasteiger partial charge in [-0.3, -0.25) is 0 Å². The first-order chi connectivity index (χ1) is 7.77. The molecule has 1 unspecified atom stereocenters. The number of halogens is 1. The lowest BCUT2D eigenvalue weighted by Crippen LogP contribution is -2.20. The number of nitrogens with one attached hydrogen (secondary N) is 1. The van der Waals surface area contributed by atoms with Crippen LogP contribution in [0.25, 0.3) is 0 Å². The minimum Gasteiger partial charge on any atom is -0.310 e. The van der Waals surface area contributed by atoms with Gasteiger partial charge < -0.3 is 5.32 Å². The van der Waals surface area contributed by atoms with Gasteiger partial charge in [0.15, 0.2) is 0 Å². The molecule has 0 saturated heterocycles. The van der Waals surface area contributed by atoms with E-state index < -0.39 is 0 Å². The van der Waals surface area contributed by atoms with Crippen molar-refractivity contribution in [1.29, 1.82) is 0 Å². The van der Waals surface area contributed by atoms with Gasteiger partial charge in [0.05, 0.1) is 0 Å². The summed E-state index contributed by atoms with van der Waals surface area (Å²) in [6, 6.07) is 9.11. The van der Waals surface area contributed by atoms with Crippen LogP contribution in [0.15, 0.2) is 24.3 Å².